The van der Waals surface area contributed by atoms with Crippen LogP contribution in [-0.4, -0.2) is 80.2 Å². The number of amides is 3. The van der Waals surface area contributed by atoms with E-state index in [-0.39, 0.29) is 59.6 Å². The average Bonchev–Trinajstić information content (AvgIpc) is 2.85. The predicted molar refractivity (Wildman–Crippen MR) is 141 cm³/mol. The highest BCUT2D eigenvalue weighted by Gasteiger charge is 2.35. The fourth-order valence-corrected chi connectivity index (χ4v) is 5.13. The SMILES string of the molecule is CC(C)NC(=O)N(C)C[C@@H]1Oc2c(NS(=O)(=O)c3ccc(F)cc3)cccc2C(=O)N([C@H](C)CO)C[C@H]1C. The standard InChI is InChI=1S/C26H35FN4O6S/c1-16(2)28-26(34)30(5)14-23-17(3)13-31(18(4)15-32)25(33)21-7-6-8-22(24(21)37-23)29-38(35,36)20-11-9-19(27)10-12-20/h6-12,16-18,23,29,32H,13-15H2,1-5H3,(H,28,34)/t17-,18-,23+/m1/s1. The van der Waals surface area contributed by atoms with Crippen molar-refractivity contribution in [2.45, 2.75) is 50.8 Å². The fraction of sp³-hybridized carbons (Fsp3) is 0.462. The number of carbonyl (C=O) groups excluding carboxylic acids is 2. The first-order valence-electron chi connectivity index (χ1n) is 12.4. The van der Waals surface area contributed by atoms with Crippen LogP contribution in [0.25, 0.3) is 0 Å². The molecule has 0 fully saturated rings. The number of fused-ring (bicyclic) bond motifs is 1. The second kappa shape index (κ2) is 12.0. The van der Waals surface area contributed by atoms with Crippen LogP contribution in [0, 0.1) is 11.7 Å². The van der Waals surface area contributed by atoms with Crippen molar-refractivity contribution in [1.82, 2.24) is 15.1 Å². The minimum Gasteiger partial charge on any atom is -0.485 e. The third kappa shape index (κ3) is 6.73. The monoisotopic (exact) mass is 550 g/mol. The summed E-state index contributed by atoms with van der Waals surface area (Å²) < 4.78 is 48.3. The number of para-hydroxylation sites is 1. The third-order valence-corrected chi connectivity index (χ3v) is 7.65. The van der Waals surface area contributed by atoms with Crippen molar-refractivity contribution >= 4 is 27.6 Å². The number of hydrogen-bond donors (Lipinski definition) is 3. The summed E-state index contributed by atoms with van der Waals surface area (Å²) in [5.74, 6) is -1.30. The van der Waals surface area contributed by atoms with Gasteiger partial charge in [-0.15, -0.1) is 0 Å². The van der Waals surface area contributed by atoms with Crippen molar-refractivity contribution in [1.29, 1.82) is 0 Å². The first-order valence-corrected chi connectivity index (χ1v) is 13.8. The van der Waals surface area contributed by atoms with E-state index in [9.17, 15) is 27.5 Å². The van der Waals surface area contributed by atoms with Gasteiger partial charge in [-0.1, -0.05) is 13.0 Å². The predicted octanol–water partition coefficient (Wildman–Crippen LogP) is 2.90. The summed E-state index contributed by atoms with van der Waals surface area (Å²) in [7, 11) is -2.53. The molecule has 0 radical (unpaired) electrons. The van der Waals surface area contributed by atoms with Gasteiger partial charge in [0, 0.05) is 25.6 Å². The van der Waals surface area contributed by atoms with Crippen LogP contribution in [0.2, 0.25) is 0 Å². The molecule has 2 aromatic carbocycles. The molecule has 208 valence electrons. The lowest BCUT2D eigenvalue weighted by Crippen LogP contribution is -2.51. The molecule has 1 heterocycles. The molecule has 3 atom stereocenters. The number of rotatable bonds is 8. The van der Waals surface area contributed by atoms with E-state index < -0.39 is 33.9 Å². The highest BCUT2D eigenvalue weighted by Crippen LogP contribution is 2.36. The second-order valence-corrected chi connectivity index (χ2v) is 11.5. The number of aliphatic hydroxyl groups excluding tert-OH is 1. The van der Waals surface area contributed by atoms with E-state index in [4.69, 9.17) is 4.74 Å². The fourth-order valence-electron chi connectivity index (χ4n) is 4.07. The number of nitrogens with one attached hydrogen (secondary N) is 2. The van der Waals surface area contributed by atoms with Crippen LogP contribution in [0.5, 0.6) is 5.75 Å². The van der Waals surface area contributed by atoms with E-state index >= 15 is 0 Å². The summed E-state index contributed by atoms with van der Waals surface area (Å²) in [6.07, 6.45) is -0.630. The van der Waals surface area contributed by atoms with Crippen LogP contribution in [-0.2, 0) is 10.0 Å². The Labute approximate surface area is 222 Å². The Morgan fingerprint density at radius 3 is 2.47 bits per heavy atom. The lowest BCUT2D eigenvalue weighted by Gasteiger charge is -2.38. The maximum atomic E-state index is 13.6. The van der Waals surface area contributed by atoms with Gasteiger partial charge in [0.25, 0.3) is 15.9 Å². The van der Waals surface area contributed by atoms with Crippen LogP contribution in [0.15, 0.2) is 47.4 Å². The van der Waals surface area contributed by atoms with Crippen LogP contribution < -0.4 is 14.8 Å². The summed E-state index contributed by atoms with van der Waals surface area (Å²) >= 11 is 0. The van der Waals surface area contributed by atoms with Crippen molar-refractivity contribution in [2.24, 2.45) is 5.92 Å². The Hall–Kier alpha value is -3.38. The van der Waals surface area contributed by atoms with Gasteiger partial charge in [-0.05, 0) is 57.2 Å². The number of halogens is 1. The zero-order valence-electron chi connectivity index (χ0n) is 22.1. The van der Waals surface area contributed by atoms with Crippen molar-refractivity contribution < 1.29 is 32.2 Å². The number of benzene rings is 2. The largest absolute Gasteiger partial charge is 0.485 e. The van der Waals surface area contributed by atoms with E-state index in [2.05, 4.69) is 10.0 Å². The van der Waals surface area contributed by atoms with Gasteiger partial charge in [-0.3, -0.25) is 9.52 Å². The molecule has 38 heavy (non-hydrogen) atoms. The lowest BCUT2D eigenvalue weighted by atomic mass is 9.99. The Kier molecular flexibility index (Phi) is 9.21. The lowest BCUT2D eigenvalue weighted by molar-refractivity contribution is 0.0369. The highest BCUT2D eigenvalue weighted by molar-refractivity contribution is 7.92. The van der Waals surface area contributed by atoms with Gasteiger partial charge in [0.2, 0.25) is 0 Å². The first-order chi connectivity index (χ1) is 17.8. The number of sulfonamides is 1. The van der Waals surface area contributed by atoms with Gasteiger partial charge in [0.15, 0.2) is 5.75 Å². The number of anilines is 1. The number of carbonyl (C=O) groups is 2. The average molecular weight is 551 g/mol. The molecule has 2 aromatic rings. The smallest absolute Gasteiger partial charge is 0.317 e. The number of hydrogen-bond acceptors (Lipinski definition) is 6. The Balaban J connectivity index is 2.05. The minimum atomic E-state index is -4.15. The molecule has 0 saturated carbocycles. The summed E-state index contributed by atoms with van der Waals surface area (Å²) in [5.41, 5.74) is 0.126. The molecular weight excluding hydrogens is 515 g/mol. The van der Waals surface area contributed by atoms with E-state index in [0.29, 0.717) is 0 Å². The summed E-state index contributed by atoms with van der Waals surface area (Å²) in [6, 6.07) is 7.95. The molecule has 10 nitrogen and oxygen atoms in total. The summed E-state index contributed by atoms with van der Waals surface area (Å²) in [5, 5.41) is 12.6. The first kappa shape index (κ1) is 29.2. The van der Waals surface area contributed by atoms with E-state index in [1.165, 1.54) is 28.0 Å². The van der Waals surface area contributed by atoms with Gasteiger partial charge in [-0.2, -0.15) is 0 Å². The molecule has 3 rings (SSSR count). The molecule has 0 spiro atoms. The third-order valence-electron chi connectivity index (χ3n) is 6.27. The van der Waals surface area contributed by atoms with Gasteiger partial charge in [0.05, 0.1) is 35.3 Å². The Morgan fingerprint density at radius 2 is 1.87 bits per heavy atom. The van der Waals surface area contributed by atoms with Crippen LogP contribution in [0.1, 0.15) is 38.1 Å². The Bertz CT molecular complexity index is 1250. The normalized spacial score (nSPS) is 18.6. The topological polar surface area (TPSA) is 128 Å². The molecule has 0 aromatic heterocycles. The highest BCUT2D eigenvalue weighted by atomic mass is 32.2. The molecule has 1 aliphatic rings. The summed E-state index contributed by atoms with van der Waals surface area (Å²) in [4.78, 5) is 29.0. The molecule has 3 N–H and O–H groups in total. The maximum Gasteiger partial charge on any atom is 0.317 e. The van der Waals surface area contributed by atoms with Crippen molar-refractivity contribution in [3.8, 4) is 5.75 Å². The zero-order valence-corrected chi connectivity index (χ0v) is 23.0. The molecule has 0 bridgehead atoms. The maximum absolute atomic E-state index is 13.6. The van der Waals surface area contributed by atoms with Gasteiger partial charge < -0.3 is 25.0 Å². The molecule has 12 heteroatoms. The van der Waals surface area contributed by atoms with Gasteiger partial charge in [0.1, 0.15) is 11.9 Å². The number of nitrogens with zero attached hydrogens (tertiary/aromatic N) is 2. The minimum absolute atomic E-state index is 0.00699. The van der Waals surface area contributed by atoms with E-state index in [0.717, 1.165) is 24.3 Å². The van der Waals surface area contributed by atoms with Crippen LogP contribution in [0.4, 0.5) is 14.9 Å². The molecular formula is C26H35FN4O6S. The zero-order chi connectivity index (χ0) is 28.2. The molecule has 3 amide bonds. The molecule has 0 saturated heterocycles. The molecule has 0 unspecified atom stereocenters. The number of aliphatic hydroxyl groups is 1. The number of ether oxygens (including phenoxy) is 1. The van der Waals surface area contributed by atoms with Gasteiger partial charge in [-0.25, -0.2) is 17.6 Å². The second-order valence-electron chi connectivity index (χ2n) is 9.85. The van der Waals surface area contributed by atoms with Crippen molar-refractivity contribution in [3.63, 3.8) is 0 Å². The Morgan fingerprint density at radius 1 is 1.21 bits per heavy atom. The van der Waals surface area contributed by atoms with E-state index in [1.807, 2.05) is 20.8 Å². The van der Waals surface area contributed by atoms with E-state index in [1.54, 1.807) is 14.0 Å². The molecule has 1 aliphatic heterocycles. The molecule has 0 aliphatic carbocycles. The quantitative estimate of drug-likeness (QED) is 0.464. The number of likely N-dealkylation sites (N-methyl/N-ethyl adjacent to an activating group) is 1. The van der Waals surface area contributed by atoms with Gasteiger partial charge >= 0.3 is 6.03 Å². The summed E-state index contributed by atoms with van der Waals surface area (Å²) in [6.45, 7) is 7.38. The number of urea groups is 1. The van der Waals surface area contributed by atoms with Crippen LogP contribution >= 0.6 is 0 Å². The van der Waals surface area contributed by atoms with Crippen molar-refractivity contribution in [3.05, 3.63) is 53.8 Å². The van der Waals surface area contributed by atoms with Crippen LogP contribution in [0.3, 0.4) is 0 Å². The van der Waals surface area contributed by atoms with Crippen molar-refractivity contribution in [2.75, 3.05) is 31.5 Å².